The molecule has 3 nitrogen and oxygen atoms in total. The minimum atomic E-state index is -0.597. The van der Waals surface area contributed by atoms with Gasteiger partial charge in [-0.15, -0.1) is 0 Å². The Morgan fingerprint density at radius 3 is 2.65 bits per heavy atom. The molecule has 0 bridgehead atoms. The van der Waals surface area contributed by atoms with Gasteiger partial charge in [0.2, 0.25) is 0 Å². The Morgan fingerprint density at radius 2 is 2.06 bits per heavy atom. The summed E-state index contributed by atoms with van der Waals surface area (Å²) in [5.41, 5.74) is 1.71. The molecular formula is C12H12Cl2N2O. The number of aryl methyl sites for hydroxylation is 1. The molecule has 1 atom stereocenters. The predicted molar refractivity (Wildman–Crippen MR) is 68.3 cm³/mol. The van der Waals surface area contributed by atoms with Gasteiger partial charge >= 0.3 is 0 Å². The van der Waals surface area contributed by atoms with E-state index in [2.05, 4.69) is 5.10 Å². The number of aliphatic hydroxyl groups excluding tert-OH is 1. The van der Waals surface area contributed by atoms with Crippen molar-refractivity contribution in [2.45, 2.75) is 12.5 Å². The average Bonchev–Trinajstić information content (AvgIpc) is 2.70. The molecule has 1 aromatic carbocycles. The number of aromatic nitrogens is 2. The Kier molecular flexibility index (Phi) is 3.72. The molecule has 1 aromatic heterocycles. The summed E-state index contributed by atoms with van der Waals surface area (Å²) >= 11 is 11.8. The summed E-state index contributed by atoms with van der Waals surface area (Å²) in [5, 5.41) is 15.1. The zero-order valence-corrected chi connectivity index (χ0v) is 10.8. The minimum Gasteiger partial charge on any atom is -0.386 e. The number of nitrogens with zero attached hydrogens (tertiary/aromatic N) is 2. The molecule has 90 valence electrons. The van der Waals surface area contributed by atoms with Crippen LogP contribution >= 0.6 is 23.2 Å². The second kappa shape index (κ2) is 5.08. The number of hydrogen-bond donors (Lipinski definition) is 1. The lowest BCUT2D eigenvalue weighted by molar-refractivity contribution is 0.168. The van der Waals surface area contributed by atoms with Crippen molar-refractivity contribution in [3.8, 4) is 0 Å². The van der Waals surface area contributed by atoms with Gasteiger partial charge in [-0.2, -0.15) is 5.10 Å². The van der Waals surface area contributed by atoms with Crippen LogP contribution in [0.5, 0.6) is 0 Å². The SMILES string of the molecule is Cn1nccc1C(O)Cc1ccc(Cl)c(Cl)c1. The van der Waals surface area contributed by atoms with Gasteiger partial charge in [-0.25, -0.2) is 0 Å². The van der Waals surface area contributed by atoms with E-state index in [0.717, 1.165) is 11.3 Å². The van der Waals surface area contributed by atoms with Crippen molar-refractivity contribution in [3.63, 3.8) is 0 Å². The molecular weight excluding hydrogens is 259 g/mol. The van der Waals surface area contributed by atoms with Crippen molar-refractivity contribution in [1.82, 2.24) is 9.78 Å². The van der Waals surface area contributed by atoms with Crippen LogP contribution in [0, 0.1) is 0 Å². The molecule has 0 aliphatic carbocycles. The van der Waals surface area contributed by atoms with E-state index in [-0.39, 0.29) is 0 Å². The van der Waals surface area contributed by atoms with Gasteiger partial charge in [-0.1, -0.05) is 29.3 Å². The first-order valence-electron chi connectivity index (χ1n) is 5.18. The Hall–Kier alpha value is -1.03. The van der Waals surface area contributed by atoms with E-state index in [0.29, 0.717) is 16.5 Å². The molecule has 0 saturated heterocycles. The molecule has 0 saturated carbocycles. The van der Waals surface area contributed by atoms with Crippen LogP contribution in [0.1, 0.15) is 17.4 Å². The number of benzene rings is 1. The second-order valence-electron chi connectivity index (χ2n) is 3.85. The summed E-state index contributed by atoms with van der Waals surface area (Å²) in [5.74, 6) is 0. The molecule has 0 aliphatic heterocycles. The zero-order chi connectivity index (χ0) is 12.4. The van der Waals surface area contributed by atoms with Crippen LogP contribution in [0.4, 0.5) is 0 Å². The van der Waals surface area contributed by atoms with Gasteiger partial charge in [0.05, 0.1) is 21.8 Å². The first kappa shape index (κ1) is 12.4. The fourth-order valence-corrected chi connectivity index (χ4v) is 2.03. The molecule has 0 amide bonds. The molecule has 1 unspecified atom stereocenters. The quantitative estimate of drug-likeness (QED) is 0.931. The maximum absolute atomic E-state index is 10.1. The molecule has 0 spiro atoms. The van der Waals surface area contributed by atoms with Crippen molar-refractivity contribution in [2.24, 2.45) is 7.05 Å². The minimum absolute atomic E-state index is 0.483. The van der Waals surface area contributed by atoms with Gasteiger partial charge < -0.3 is 5.11 Å². The second-order valence-corrected chi connectivity index (χ2v) is 4.66. The fraction of sp³-hybridized carbons (Fsp3) is 0.250. The summed E-state index contributed by atoms with van der Waals surface area (Å²) in [4.78, 5) is 0. The summed E-state index contributed by atoms with van der Waals surface area (Å²) < 4.78 is 1.65. The van der Waals surface area contributed by atoms with Crippen molar-refractivity contribution in [1.29, 1.82) is 0 Å². The Morgan fingerprint density at radius 1 is 1.29 bits per heavy atom. The Balaban J connectivity index is 2.16. The van der Waals surface area contributed by atoms with Crippen LogP contribution in [0.25, 0.3) is 0 Å². The molecule has 1 N–H and O–H groups in total. The number of hydrogen-bond acceptors (Lipinski definition) is 2. The summed E-state index contributed by atoms with van der Waals surface area (Å²) in [7, 11) is 1.80. The standard InChI is InChI=1S/C12H12Cl2N2O/c1-16-11(4-5-15-16)12(17)7-8-2-3-9(13)10(14)6-8/h2-6,12,17H,7H2,1H3. The largest absolute Gasteiger partial charge is 0.386 e. The van der Waals surface area contributed by atoms with Crippen molar-refractivity contribution < 1.29 is 5.11 Å². The highest BCUT2D eigenvalue weighted by molar-refractivity contribution is 6.42. The highest BCUT2D eigenvalue weighted by Crippen LogP contribution is 2.25. The maximum atomic E-state index is 10.1. The van der Waals surface area contributed by atoms with Crippen LogP contribution < -0.4 is 0 Å². The van der Waals surface area contributed by atoms with E-state index in [1.54, 1.807) is 36.1 Å². The highest BCUT2D eigenvalue weighted by Gasteiger charge is 2.12. The van der Waals surface area contributed by atoms with E-state index in [1.807, 2.05) is 6.07 Å². The van der Waals surface area contributed by atoms with Gasteiger partial charge in [-0.05, 0) is 23.8 Å². The van der Waals surface area contributed by atoms with Crippen LogP contribution in [0.15, 0.2) is 30.5 Å². The van der Waals surface area contributed by atoms with Crippen LogP contribution in [-0.2, 0) is 13.5 Å². The maximum Gasteiger partial charge on any atom is 0.0996 e. The molecule has 0 fully saturated rings. The lowest BCUT2D eigenvalue weighted by Crippen LogP contribution is -2.07. The van der Waals surface area contributed by atoms with Gasteiger partial charge in [0.1, 0.15) is 0 Å². The van der Waals surface area contributed by atoms with Crippen LogP contribution in [0.2, 0.25) is 10.0 Å². The lowest BCUT2D eigenvalue weighted by Gasteiger charge is -2.11. The third-order valence-corrected chi connectivity index (χ3v) is 3.35. The third-order valence-electron chi connectivity index (χ3n) is 2.61. The van der Waals surface area contributed by atoms with E-state index in [1.165, 1.54) is 0 Å². The van der Waals surface area contributed by atoms with E-state index in [9.17, 15) is 5.11 Å². The molecule has 2 rings (SSSR count). The number of rotatable bonds is 3. The number of halogens is 2. The summed E-state index contributed by atoms with van der Waals surface area (Å²) in [6, 6.07) is 7.15. The van der Waals surface area contributed by atoms with Gasteiger partial charge in [0.25, 0.3) is 0 Å². The molecule has 2 aromatic rings. The van der Waals surface area contributed by atoms with Crippen molar-refractivity contribution >= 4 is 23.2 Å². The molecule has 0 aliphatic rings. The molecule has 17 heavy (non-hydrogen) atoms. The Labute approximate surface area is 110 Å². The van der Waals surface area contributed by atoms with E-state index < -0.39 is 6.10 Å². The fourth-order valence-electron chi connectivity index (χ4n) is 1.71. The zero-order valence-electron chi connectivity index (χ0n) is 9.27. The van der Waals surface area contributed by atoms with E-state index in [4.69, 9.17) is 23.2 Å². The van der Waals surface area contributed by atoms with Gasteiger partial charge in [0.15, 0.2) is 0 Å². The Bertz CT molecular complexity index is 525. The average molecular weight is 271 g/mol. The lowest BCUT2D eigenvalue weighted by atomic mass is 10.1. The summed E-state index contributed by atoms with van der Waals surface area (Å²) in [6.07, 6.45) is 1.55. The van der Waals surface area contributed by atoms with Crippen molar-refractivity contribution in [2.75, 3.05) is 0 Å². The topological polar surface area (TPSA) is 38.0 Å². The van der Waals surface area contributed by atoms with Crippen molar-refractivity contribution in [3.05, 3.63) is 51.8 Å². The summed E-state index contributed by atoms with van der Waals surface area (Å²) in [6.45, 7) is 0. The number of aliphatic hydroxyl groups is 1. The molecule has 1 heterocycles. The van der Waals surface area contributed by atoms with Gasteiger partial charge in [0, 0.05) is 19.7 Å². The molecule has 5 heteroatoms. The monoisotopic (exact) mass is 270 g/mol. The predicted octanol–water partition coefficient (Wildman–Crippen LogP) is 3.00. The molecule has 0 radical (unpaired) electrons. The highest BCUT2D eigenvalue weighted by atomic mass is 35.5. The third kappa shape index (κ3) is 2.80. The smallest absolute Gasteiger partial charge is 0.0996 e. The normalized spacial score (nSPS) is 12.7. The van der Waals surface area contributed by atoms with Crippen LogP contribution in [-0.4, -0.2) is 14.9 Å². The first-order chi connectivity index (χ1) is 8.08. The first-order valence-corrected chi connectivity index (χ1v) is 5.93. The van der Waals surface area contributed by atoms with E-state index >= 15 is 0 Å². The van der Waals surface area contributed by atoms with Crippen LogP contribution in [0.3, 0.4) is 0 Å². The van der Waals surface area contributed by atoms with Gasteiger partial charge in [-0.3, -0.25) is 4.68 Å².